The highest BCUT2D eigenvalue weighted by atomic mass is 16.6. The van der Waals surface area contributed by atoms with E-state index < -0.39 is 6.10 Å². The second kappa shape index (κ2) is 64.2. The summed E-state index contributed by atoms with van der Waals surface area (Å²) in [4.78, 5) is 38.3. The Morgan fingerprint density at radius 1 is 0.267 bits per heavy atom. The van der Waals surface area contributed by atoms with E-state index in [0.717, 1.165) is 77.0 Å². The van der Waals surface area contributed by atoms with Crippen LogP contribution in [0.3, 0.4) is 0 Å². The molecule has 0 aromatic rings. The number of unbranched alkanes of at least 4 members (excludes halogenated alkanes) is 45. The lowest BCUT2D eigenvalue weighted by atomic mass is 10.0. The van der Waals surface area contributed by atoms with Gasteiger partial charge in [0.1, 0.15) is 13.2 Å². The summed E-state index contributed by atoms with van der Waals surface area (Å²) in [6, 6.07) is 0. The Hall–Kier alpha value is -2.37. The van der Waals surface area contributed by atoms with Crippen molar-refractivity contribution < 1.29 is 28.6 Å². The van der Waals surface area contributed by atoms with Gasteiger partial charge in [-0.2, -0.15) is 0 Å². The predicted molar refractivity (Wildman–Crippen MR) is 326 cm³/mol. The number of ether oxygens (including phenoxy) is 3. The molecule has 0 aliphatic carbocycles. The third-order valence-corrected chi connectivity index (χ3v) is 15.1. The molecule has 75 heavy (non-hydrogen) atoms. The van der Waals surface area contributed by atoms with Crippen molar-refractivity contribution in [3.05, 3.63) is 36.5 Å². The van der Waals surface area contributed by atoms with E-state index in [9.17, 15) is 14.4 Å². The van der Waals surface area contributed by atoms with Crippen molar-refractivity contribution in [2.45, 2.75) is 374 Å². The van der Waals surface area contributed by atoms with E-state index >= 15 is 0 Å². The van der Waals surface area contributed by atoms with Crippen LogP contribution < -0.4 is 0 Å². The number of hydrogen-bond donors (Lipinski definition) is 0. The summed E-state index contributed by atoms with van der Waals surface area (Å²) in [5.74, 6) is -0.861. The maximum absolute atomic E-state index is 12.9. The molecule has 0 aliphatic heterocycles. The minimum absolute atomic E-state index is 0.0723. The lowest BCUT2D eigenvalue weighted by Crippen LogP contribution is -2.30. The van der Waals surface area contributed by atoms with Crippen LogP contribution in [0.2, 0.25) is 0 Å². The van der Waals surface area contributed by atoms with Crippen molar-refractivity contribution in [1.29, 1.82) is 0 Å². The normalized spacial score (nSPS) is 12.2. The van der Waals surface area contributed by atoms with E-state index in [1.165, 1.54) is 250 Å². The highest BCUT2D eigenvalue weighted by molar-refractivity contribution is 5.71. The first-order valence-corrected chi connectivity index (χ1v) is 33.5. The molecule has 1 atom stereocenters. The van der Waals surface area contributed by atoms with Crippen molar-refractivity contribution in [2.75, 3.05) is 13.2 Å². The Bertz CT molecular complexity index is 1250. The summed E-state index contributed by atoms with van der Waals surface area (Å²) >= 11 is 0. The van der Waals surface area contributed by atoms with E-state index in [1.807, 2.05) is 0 Å². The lowest BCUT2D eigenvalue weighted by molar-refractivity contribution is -0.167. The quantitative estimate of drug-likeness (QED) is 0.0261. The second-order valence-corrected chi connectivity index (χ2v) is 22.7. The van der Waals surface area contributed by atoms with Crippen LogP contribution in [0.25, 0.3) is 0 Å². The average Bonchev–Trinajstić information content (AvgIpc) is 3.41. The van der Waals surface area contributed by atoms with Crippen molar-refractivity contribution >= 4 is 17.9 Å². The molecule has 0 spiro atoms. The molecule has 0 aromatic carbocycles. The van der Waals surface area contributed by atoms with E-state index in [0.29, 0.717) is 19.3 Å². The SMILES string of the molecule is CCCCC/C=C\C/C=C\C/C=C\CCCCCCCCC(=O)OC(COC(=O)CCCCCCCCCCCCC)COC(=O)CCCCCCCCCCCCCCCCCCCCCCCCCCCCC. The molecule has 0 fully saturated rings. The maximum atomic E-state index is 12.9. The zero-order chi connectivity index (χ0) is 54.3. The molecule has 0 aliphatic rings. The fraction of sp³-hybridized carbons (Fsp3) is 0.870. The molecular weight excluding hydrogens is 925 g/mol. The first-order chi connectivity index (χ1) is 37.0. The van der Waals surface area contributed by atoms with Crippen LogP contribution in [-0.4, -0.2) is 37.2 Å². The van der Waals surface area contributed by atoms with Crippen molar-refractivity contribution in [3.8, 4) is 0 Å². The summed E-state index contributed by atoms with van der Waals surface area (Å²) in [7, 11) is 0. The number of allylic oxidation sites excluding steroid dienone is 6. The van der Waals surface area contributed by atoms with Crippen molar-refractivity contribution in [2.24, 2.45) is 0 Å². The van der Waals surface area contributed by atoms with Crippen LogP contribution in [0.1, 0.15) is 367 Å². The number of hydrogen-bond acceptors (Lipinski definition) is 6. The molecule has 0 saturated heterocycles. The summed E-state index contributed by atoms with van der Waals surface area (Å²) in [5, 5.41) is 0. The molecule has 6 nitrogen and oxygen atoms in total. The van der Waals surface area contributed by atoms with Gasteiger partial charge < -0.3 is 14.2 Å². The van der Waals surface area contributed by atoms with Crippen LogP contribution in [0.4, 0.5) is 0 Å². The smallest absolute Gasteiger partial charge is 0.306 e. The third-order valence-electron chi connectivity index (χ3n) is 15.1. The topological polar surface area (TPSA) is 78.9 Å². The number of carbonyl (C=O) groups is 3. The van der Waals surface area contributed by atoms with Gasteiger partial charge >= 0.3 is 17.9 Å². The zero-order valence-electron chi connectivity index (χ0n) is 50.6. The summed E-state index contributed by atoms with van der Waals surface area (Å²) in [5.41, 5.74) is 0. The summed E-state index contributed by atoms with van der Waals surface area (Å²) < 4.78 is 16.9. The van der Waals surface area contributed by atoms with Crippen LogP contribution in [0, 0.1) is 0 Å². The Morgan fingerprint density at radius 3 is 0.773 bits per heavy atom. The first-order valence-electron chi connectivity index (χ1n) is 33.5. The fourth-order valence-corrected chi connectivity index (χ4v) is 10.1. The minimum Gasteiger partial charge on any atom is -0.462 e. The highest BCUT2D eigenvalue weighted by Crippen LogP contribution is 2.18. The zero-order valence-corrected chi connectivity index (χ0v) is 50.6. The minimum atomic E-state index is -0.776. The Kier molecular flexibility index (Phi) is 62.1. The molecule has 0 bridgehead atoms. The lowest BCUT2D eigenvalue weighted by Gasteiger charge is -2.18. The van der Waals surface area contributed by atoms with Crippen LogP contribution in [0.15, 0.2) is 36.5 Å². The van der Waals surface area contributed by atoms with E-state index in [4.69, 9.17) is 14.2 Å². The molecule has 0 radical (unpaired) electrons. The van der Waals surface area contributed by atoms with Crippen LogP contribution in [0.5, 0.6) is 0 Å². The van der Waals surface area contributed by atoms with Gasteiger partial charge in [-0.15, -0.1) is 0 Å². The molecular formula is C69H128O6. The van der Waals surface area contributed by atoms with E-state index in [2.05, 4.69) is 57.2 Å². The van der Waals surface area contributed by atoms with Crippen LogP contribution in [-0.2, 0) is 28.6 Å². The molecule has 0 amide bonds. The van der Waals surface area contributed by atoms with Gasteiger partial charge in [-0.3, -0.25) is 14.4 Å². The largest absolute Gasteiger partial charge is 0.462 e. The van der Waals surface area contributed by atoms with Crippen LogP contribution >= 0.6 is 0 Å². The molecule has 0 heterocycles. The van der Waals surface area contributed by atoms with Crippen molar-refractivity contribution in [3.63, 3.8) is 0 Å². The maximum Gasteiger partial charge on any atom is 0.306 e. The molecule has 0 aromatic heterocycles. The van der Waals surface area contributed by atoms with Gasteiger partial charge in [0.25, 0.3) is 0 Å². The number of esters is 3. The average molecular weight is 1050 g/mol. The van der Waals surface area contributed by atoms with E-state index in [1.54, 1.807) is 0 Å². The number of rotatable bonds is 62. The molecule has 0 rings (SSSR count). The highest BCUT2D eigenvalue weighted by Gasteiger charge is 2.19. The Balaban J connectivity index is 4.18. The molecule has 0 N–H and O–H groups in total. The monoisotopic (exact) mass is 1050 g/mol. The van der Waals surface area contributed by atoms with Crippen molar-refractivity contribution in [1.82, 2.24) is 0 Å². The van der Waals surface area contributed by atoms with Gasteiger partial charge in [0.15, 0.2) is 6.10 Å². The number of carbonyl (C=O) groups excluding carboxylic acids is 3. The van der Waals surface area contributed by atoms with Gasteiger partial charge in [-0.05, 0) is 57.8 Å². The second-order valence-electron chi connectivity index (χ2n) is 22.7. The first kappa shape index (κ1) is 72.6. The fourth-order valence-electron chi connectivity index (χ4n) is 10.1. The van der Waals surface area contributed by atoms with Gasteiger partial charge in [0, 0.05) is 19.3 Å². The van der Waals surface area contributed by atoms with Gasteiger partial charge in [-0.25, -0.2) is 0 Å². The Morgan fingerprint density at radius 2 is 0.480 bits per heavy atom. The summed E-state index contributed by atoms with van der Waals surface area (Å²) in [6.07, 6.45) is 78.8. The molecule has 1 unspecified atom stereocenters. The molecule has 6 heteroatoms. The van der Waals surface area contributed by atoms with Gasteiger partial charge in [0.05, 0.1) is 0 Å². The molecule has 0 saturated carbocycles. The van der Waals surface area contributed by atoms with Gasteiger partial charge in [-0.1, -0.05) is 327 Å². The van der Waals surface area contributed by atoms with Gasteiger partial charge in [0.2, 0.25) is 0 Å². The van der Waals surface area contributed by atoms with E-state index in [-0.39, 0.29) is 31.1 Å². The Labute approximate surface area is 467 Å². The molecule has 440 valence electrons. The summed E-state index contributed by atoms with van der Waals surface area (Å²) in [6.45, 7) is 6.66. The third kappa shape index (κ3) is 62.4. The predicted octanol–water partition coefficient (Wildman–Crippen LogP) is 22.8. The standard InChI is InChI=1S/C69H128O6/c1-4-7-10-13-16-19-22-24-26-28-30-31-32-33-34-35-36-37-39-40-42-44-47-50-53-56-59-62-68(71)74-65-66(64-73-67(70)61-58-55-52-49-46-21-18-15-12-9-6-3)75-69(72)63-60-57-54-51-48-45-43-41-38-29-27-25-23-20-17-14-11-8-5-2/h17,20,25,27,38,41,66H,4-16,18-19,21-24,26,28-37,39-40,42-65H2,1-3H3/b20-17-,27-25-,41-38-.